The number of nitrogens with one attached hydrogen (secondary N) is 2. The van der Waals surface area contributed by atoms with Crippen molar-refractivity contribution in [1.82, 2.24) is 15.3 Å². The third-order valence-electron chi connectivity index (χ3n) is 2.39. The molecular weight excluding hydrogens is 206 g/mol. The molecule has 0 saturated carbocycles. The van der Waals surface area contributed by atoms with Crippen LogP contribution in [0.3, 0.4) is 0 Å². The summed E-state index contributed by atoms with van der Waals surface area (Å²) in [5, 5.41) is 2.67. The van der Waals surface area contributed by atoms with E-state index in [-0.39, 0.29) is 17.7 Å². The molecule has 0 aliphatic heterocycles. The van der Waals surface area contributed by atoms with Gasteiger partial charge in [-0.05, 0) is 13.3 Å². The number of aryl methyl sites for hydroxylation is 1. The van der Waals surface area contributed by atoms with E-state index >= 15 is 0 Å². The van der Waals surface area contributed by atoms with E-state index in [1.165, 1.54) is 0 Å². The van der Waals surface area contributed by atoms with Gasteiger partial charge in [-0.2, -0.15) is 0 Å². The highest BCUT2D eigenvalue weighted by molar-refractivity contribution is 5.88. The number of Topliss-reactive ketones (excluding diaryl/α,β-unsaturated/α-hetero) is 1. The third kappa shape index (κ3) is 3.84. The van der Waals surface area contributed by atoms with Crippen LogP contribution in [0.2, 0.25) is 0 Å². The minimum Gasteiger partial charge on any atom is -0.348 e. The lowest BCUT2D eigenvalue weighted by atomic mass is 10.1. The maximum Gasteiger partial charge on any atom is 0.220 e. The molecule has 0 fully saturated rings. The van der Waals surface area contributed by atoms with Crippen molar-refractivity contribution < 1.29 is 9.59 Å². The van der Waals surface area contributed by atoms with Crippen LogP contribution in [-0.2, 0) is 16.0 Å². The summed E-state index contributed by atoms with van der Waals surface area (Å²) in [5.74, 6) is -0.0567. The number of imidazole rings is 1. The van der Waals surface area contributed by atoms with E-state index in [0.717, 1.165) is 5.69 Å². The molecule has 1 amide bonds. The van der Waals surface area contributed by atoms with Crippen molar-refractivity contribution in [2.75, 3.05) is 0 Å². The summed E-state index contributed by atoms with van der Waals surface area (Å²) in [6, 6.07) is -0.390. The van der Waals surface area contributed by atoms with Crippen LogP contribution in [-0.4, -0.2) is 27.7 Å². The molecule has 0 radical (unpaired) electrons. The number of aromatic nitrogens is 2. The van der Waals surface area contributed by atoms with Crippen LogP contribution >= 0.6 is 0 Å². The van der Waals surface area contributed by atoms with E-state index in [1.807, 2.05) is 0 Å². The van der Waals surface area contributed by atoms with Gasteiger partial charge in [0.15, 0.2) is 5.78 Å². The van der Waals surface area contributed by atoms with Crippen LogP contribution in [0.5, 0.6) is 0 Å². The first-order valence-electron chi connectivity index (χ1n) is 5.42. The summed E-state index contributed by atoms with van der Waals surface area (Å²) in [6.07, 6.45) is 4.69. The molecule has 1 heterocycles. The number of nitrogens with zero attached hydrogens (tertiary/aromatic N) is 1. The molecule has 16 heavy (non-hydrogen) atoms. The normalized spacial score (nSPS) is 12.1. The molecule has 1 atom stereocenters. The number of H-pyrrole nitrogens is 1. The molecule has 0 aliphatic rings. The number of ketones is 1. The van der Waals surface area contributed by atoms with Gasteiger partial charge >= 0.3 is 0 Å². The van der Waals surface area contributed by atoms with E-state index < -0.39 is 0 Å². The van der Waals surface area contributed by atoms with Gasteiger partial charge in [0.1, 0.15) is 0 Å². The highest BCUT2D eigenvalue weighted by atomic mass is 16.2. The van der Waals surface area contributed by atoms with Crippen LogP contribution < -0.4 is 5.32 Å². The number of aromatic amines is 1. The number of hydrogen-bond acceptors (Lipinski definition) is 3. The maximum atomic E-state index is 11.5. The molecule has 5 heteroatoms. The second kappa shape index (κ2) is 6.05. The lowest BCUT2D eigenvalue weighted by Gasteiger charge is -2.11. The molecule has 1 aromatic heterocycles. The molecule has 88 valence electrons. The number of rotatable bonds is 6. The summed E-state index contributed by atoms with van der Waals surface area (Å²) in [4.78, 5) is 29.5. The van der Waals surface area contributed by atoms with Crippen molar-refractivity contribution in [3.05, 3.63) is 18.2 Å². The zero-order chi connectivity index (χ0) is 12.0. The summed E-state index contributed by atoms with van der Waals surface area (Å²) >= 11 is 0. The van der Waals surface area contributed by atoms with Crippen molar-refractivity contribution in [3.8, 4) is 0 Å². The molecule has 0 spiro atoms. The van der Waals surface area contributed by atoms with Gasteiger partial charge in [0, 0.05) is 24.7 Å². The van der Waals surface area contributed by atoms with Crippen LogP contribution in [0.1, 0.15) is 32.4 Å². The quantitative estimate of drug-likeness (QED) is 0.750. The first kappa shape index (κ1) is 12.4. The summed E-state index contributed by atoms with van der Waals surface area (Å²) < 4.78 is 0. The van der Waals surface area contributed by atoms with Gasteiger partial charge in [0.2, 0.25) is 5.91 Å². The minimum atomic E-state index is -0.390. The molecule has 2 N–H and O–H groups in total. The molecule has 0 aromatic carbocycles. The lowest BCUT2D eigenvalue weighted by molar-refractivity contribution is -0.127. The van der Waals surface area contributed by atoms with Crippen molar-refractivity contribution in [2.45, 2.75) is 39.2 Å². The highest BCUT2D eigenvalue weighted by Gasteiger charge is 2.13. The number of hydrogen-bond donors (Lipinski definition) is 2. The Morgan fingerprint density at radius 2 is 2.31 bits per heavy atom. The van der Waals surface area contributed by atoms with Crippen molar-refractivity contribution in [3.63, 3.8) is 0 Å². The van der Waals surface area contributed by atoms with Gasteiger partial charge in [-0.25, -0.2) is 4.98 Å². The molecule has 0 aliphatic carbocycles. The van der Waals surface area contributed by atoms with Crippen molar-refractivity contribution in [2.24, 2.45) is 0 Å². The zero-order valence-electron chi connectivity index (χ0n) is 9.62. The SMILES string of the molecule is CCC(=O)[C@H](C)NC(=O)CCc1cnc[nH]1. The Bertz CT molecular complexity index is 346. The smallest absolute Gasteiger partial charge is 0.220 e. The molecule has 1 rings (SSSR count). The number of amides is 1. The average molecular weight is 223 g/mol. The van der Waals surface area contributed by atoms with Gasteiger partial charge in [-0.1, -0.05) is 6.92 Å². The molecule has 1 aromatic rings. The number of carbonyl (C=O) groups excluding carboxylic acids is 2. The molecular formula is C11H17N3O2. The summed E-state index contributed by atoms with van der Waals surface area (Å²) in [7, 11) is 0. The second-order valence-corrected chi connectivity index (χ2v) is 3.69. The Kier molecular flexibility index (Phi) is 4.69. The lowest BCUT2D eigenvalue weighted by Crippen LogP contribution is -2.38. The molecule has 0 saturated heterocycles. The molecule has 5 nitrogen and oxygen atoms in total. The fourth-order valence-electron chi connectivity index (χ4n) is 1.37. The monoisotopic (exact) mass is 223 g/mol. The van der Waals surface area contributed by atoms with Crippen LogP contribution in [0.15, 0.2) is 12.5 Å². The van der Waals surface area contributed by atoms with Gasteiger partial charge < -0.3 is 10.3 Å². The van der Waals surface area contributed by atoms with E-state index in [1.54, 1.807) is 26.4 Å². The summed E-state index contributed by atoms with van der Waals surface area (Å²) in [5.41, 5.74) is 0.921. The van der Waals surface area contributed by atoms with E-state index in [0.29, 0.717) is 19.3 Å². The number of carbonyl (C=O) groups is 2. The van der Waals surface area contributed by atoms with Crippen LogP contribution in [0.25, 0.3) is 0 Å². The zero-order valence-corrected chi connectivity index (χ0v) is 9.62. The fourth-order valence-corrected chi connectivity index (χ4v) is 1.37. The van der Waals surface area contributed by atoms with Crippen LogP contribution in [0, 0.1) is 0 Å². The third-order valence-corrected chi connectivity index (χ3v) is 2.39. The Hall–Kier alpha value is -1.65. The highest BCUT2D eigenvalue weighted by Crippen LogP contribution is 1.98. The van der Waals surface area contributed by atoms with Crippen LogP contribution in [0.4, 0.5) is 0 Å². The topological polar surface area (TPSA) is 74.8 Å². The Balaban J connectivity index is 2.28. The van der Waals surface area contributed by atoms with Gasteiger partial charge in [0.25, 0.3) is 0 Å². The van der Waals surface area contributed by atoms with Gasteiger partial charge in [-0.3, -0.25) is 9.59 Å². The molecule has 0 unspecified atom stereocenters. The van der Waals surface area contributed by atoms with E-state index in [4.69, 9.17) is 0 Å². The van der Waals surface area contributed by atoms with Gasteiger partial charge in [-0.15, -0.1) is 0 Å². The Morgan fingerprint density at radius 3 is 2.88 bits per heavy atom. The fraction of sp³-hybridized carbons (Fsp3) is 0.545. The minimum absolute atomic E-state index is 0.0508. The standard InChI is InChI=1S/C11H17N3O2/c1-3-10(15)8(2)14-11(16)5-4-9-6-12-7-13-9/h6-8H,3-5H2,1-2H3,(H,12,13)(H,14,16)/t8-/m0/s1. The predicted octanol–water partition coefficient (Wildman–Crippen LogP) is 0.826. The molecule has 0 bridgehead atoms. The average Bonchev–Trinajstić information content (AvgIpc) is 2.78. The summed E-state index contributed by atoms with van der Waals surface area (Å²) in [6.45, 7) is 3.50. The maximum absolute atomic E-state index is 11.5. The first-order chi connectivity index (χ1) is 7.63. The van der Waals surface area contributed by atoms with Crippen molar-refractivity contribution >= 4 is 11.7 Å². The largest absolute Gasteiger partial charge is 0.348 e. The Labute approximate surface area is 94.7 Å². The first-order valence-corrected chi connectivity index (χ1v) is 5.42. The second-order valence-electron chi connectivity index (χ2n) is 3.69. The van der Waals surface area contributed by atoms with E-state index in [2.05, 4.69) is 15.3 Å². The predicted molar refractivity (Wildman–Crippen MR) is 59.8 cm³/mol. The van der Waals surface area contributed by atoms with E-state index in [9.17, 15) is 9.59 Å². The van der Waals surface area contributed by atoms with Gasteiger partial charge in [0.05, 0.1) is 12.4 Å². The van der Waals surface area contributed by atoms with Crippen molar-refractivity contribution in [1.29, 1.82) is 0 Å². The Morgan fingerprint density at radius 1 is 1.56 bits per heavy atom.